The summed E-state index contributed by atoms with van der Waals surface area (Å²) in [7, 11) is 0. The van der Waals surface area contributed by atoms with Crippen molar-refractivity contribution in [1.82, 2.24) is 5.32 Å². The molecule has 1 heterocycles. The second-order valence-electron chi connectivity index (χ2n) is 5.60. The van der Waals surface area contributed by atoms with Crippen molar-refractivity contribution in [2.75, 3.05) is 11.9 Å². The fourth-order valence-corrected chi connectivity index (χ4v) is 3.01. The molecule has 1 fully saturated rings. The Morgan fingerprint density at radius 2 is 2.09 bits per heavy atom. The lowest BCUT2D eigenvalue weighted by atomic mass is 9.83. The number of anilines is 1. The van der Waals surface area contributed by atoms with Gasteiger partial charge in [-0.25, -0.2) is 0 Å². The summed E-state index contributed by atoms with van der Waals surface area (Å²) in [4.78, 5) is 0. The van der Waals surface area contributed by atoms with Crippen molar-refractivity contribution in [2.45, 2.75) is 25.8 Å². The Hall–Kier alpha value is -2.06. The minimum Gasteiger partial charge on any atom is -0.359 e. The lowest BCUT2D eigenvalue weighted by Gasteiger charge is -2.35. The molecule has 0 radical (unpaired) electrons. The molecule has 0 aromatic heterocycles. The van der Waals surface area contributed by atoms with Crippen LogP contribution in [0.5, 0.6) is 0 Å². The van der Waals surface area contributed by atoms with E-state index in [-0.39, 0.29) is 6.04 Å². The summed E-state index contributed by atoms with van der Waals surface area (Å²) in [5, 5.41) is 7.11. The number of para-hydroxylation sites is 1. The molecule has 1 aromatic carbocycles. The predicted molar refractivity (Wildman–Crippen MR) is 96.8 cm³/mol. The Bertz CT molecular complexity index is 554. The van der Waals surface area contributed by atoms with Crippen LogP contribution in [0.4, 0.5) is 5.69 Å². The second kappa shape index (κ2) is 8.40. The fraction of sp³-hybridized carbons (Fsp3) is 0.300. The molecule has 0 bridgehead atoms. The molecule has 2 heteroatoms. The van der Waals surface area contributed by atoms with E-state index in [9.17, 15) is 0 Å². The zero-order valence-corrected chi connectivity index (χ0v) is 13.4. The van der Waals surface area contributed by atoms with E-state index >= 15 is 0 Å². The van der Waals surface area contributed by atoms with Crippen molar-refractivity contribution in [3.8, 4) is 0 Å². The molecule has 1 aliphatic heterocycles. The second-order valence-corrected chi connectivity index (χ2v) is 5.60. The summed E-state index contributed by atoms with van der Waals surface area (Å²) >= 11 is 0. The van der Waals surface area contributed by atoms with Gasteiger partial charge in [0.1, 0.15) is 0 Å². The lowest BCUT2D eigenvalue weighted by molar-refractivity contribution is 0.354. The molecule has 0 aliphatic carbocycles. The molecule has 1 unspecified atom stereocenters. The van der Waals surface area contributed by atoms with Gasteiger partial charge in [-0.05, 0) is 44.0 Å². The summed E-state index contributed by atoms with van der Waals surface area (Å²) in [6.07, 6.45) is 10.5. The molecular formula is C20H26N2. The highest BCUT2D eigenvalue weighted by Gasteiger charge is 2.28. The monoisotopic (exact) mass is 294 g/mol. The standard InChI is InChI=1S/C20H26N2/c1-4-10-17(11-5-2)20-19(14-9-15-21-20)16(3)22-18-12-7-6-8-13-18/h4-8,10-13,19-22H,1,3,9,14-15H2,2H3/b11-5-,17-10+/t19?,20-/m0/s1. The van der Waals surface area contributed by atoms with Crippen LogP contribution in [-0.4, -0.2) is 12.6 Å². The van der Waals surface area contributed by atoms with E-state index in [1.807, 2.05) is 31.2 Å². The minimum atomic E-state index is 0.284. The third-order valence-electron chi connectivity index (χ3n) is 4.01. The molecule has 1 aromatic rings. The van der Waals surface area contributed by atoms with E-state index in [0.717, 1.165) is 24.4 Å². The quantitative estimate of drug-likeness (QED) is 0.745. The Kier molecular flexibility index (Phi) is 6.23. The smallest absolute Gasteiger partial charge is 0.0403 e. The molecule has 0 spiro atoms. The largest absolute Gasteiger partial charge is 0.359 e. The van der Waals surface area contributed by atoms with Gasteiger partial charge in [-0.1, -0.05) is 55.7 Å². The number of rotatable bonds is 6. The predicted octanol–water partition coefficient (Wildman–Crippen LogP) is 4.67. The van der Waals surface area contributed by atoms with Crippen LogP contribution in [-0.2, 0) is 0 Å². The molecule has 0 amide bonds. The molecule has 2 nitrogen and oxygen atoms in total. The van der Waals surface area contributed by atoms with Gasteiger partial charge in [0.25, 0.3) is 0 Å². The topological polar surface area (TPSA) is 24.1 Å². The van der Waals surface area contributed by atoms with E-state index in [4.69, 9.17) is 0 Å². The summed E-state index contributed by atoms with van der Waals surface area (Å²) in [6, 6.07) is 10.5. The first-order valence-electron chi connectivity index (χ1n) is 7.96. The van der Waals surface area contributed by atoms with Gasteiger partial charge in [-0.15, -0.1) is 0 Å². The molecule has 2 N–H and O–H groups in total. The van der Waals surface area contributed by atoms with Gasteiger partial charge in [0, 0.05) is 23.3 Å². The number of nitrogens with one attached hydrogen (secondary N) is 2. The maximum atomic E-state index is 4.30. The van der Waals surface area contributed by atoms with Crippen molar-refractivity contribution < 1.29 is 0 Å². The highest BCUT2D eigenvalue weighted by Crippen LogP contribution is 2.29. The third kappa shape index (κ3) is 4.22. The number of hydrogen-bond acceptors (Lipinski definition) is 2. The number of piperidine rings is 1. The van der Waals surface area contributed by atoms with Crippen LogP contribution in [0.15, 0.2) is 79.1 Å². The summed E-state index contributed by atoms with van der Waals surface area (Å²) in [5.74, 6) is 0.372. The summed E-state index contributed by atoms with van der Waals surface area (Å²) in [5.41, 5.74) is 3.43. The minimum absolute atomic E-state index is 0.284. The van der Waals surface area contributed by atoms with Crippen LogP contribution in [0.1, 0.15) is 19.8 Å². The zero-order chi connectivity index (χ0) is 15.8. The maximum Gasteiger partial charge on any atom is 0.0403 e. The summed E-state index contributed by atoms with van der Waals surface area (Å²) in [6.45, 7) is 11.2. The first-order valence-corrected chi connectivity index (χ1v) is 7.96. The molecule has 1 aliphatic rings. The molecule has 2 atom stereocenters. The highest BCUT2D eigenvalue weighted by molar-refractivity contribution is 5.48. The highest BCUT2D eigenvalue weighted by atomic mass is 15.0. The van der Waals surface area contributed by atoms with E-state index in [1.54, 1.807) is 0 Å². The molecule has 2 rings (SSSR count). The van der Waals surface area contributed by atoms with Gasteiger partial charge in [0.2, 0.25) is 0 Å². The summed E-state index contributed by atoms with van der Waals surface area (Å²) < 4.78 is 0. The number of hydrogen-bond donors (Lipinski definition) is 2. The molecule has 116 valence electrons. The number of benzene rings is 1. The van der Waals surface area contributed by atoms with Crippen LogP contribution in [0, 0.1) is 5.92 Å². The van der Waals surface area contributed by atoms with Crippen LogP contribution >= 0.6 is 0 Å². The van der Waals surface area contributed by atoms with Gasteiger partial charge in [0.15, 0.2) is 0 Å². The normalized spacial score (nSPS) is 22.5. The fourth-order valence-electron chi connectivity index (χ4n) is 3.01. The zero-order valence-electron chi connectivity index (χ0n) is 13.4. The lowest BCUT2D eigenvalue weighted by Crippen LogP contribution is -2.44. The Balaban J connectivity index is 2.16. The Labute approximate surface area is 134 Å². The van der Waals surface area contributed by atoms with Crippen molar-refractivity contribution in [3.63, 3.8) is 0 Å². The van der Waals surface area contributed by atoms with Crippen molar-refractivity contribution >= 4 is 5.69 Å². The first kappa shape index (κ1) is 16.3. The Morgan fingerprint density at radius 1 is 1.32 bits per heavy atom. The van der Waals surface area contributed by atoms with Crippen LogP contribution in [0.25, 0.3) is 0 Å². The van der Waals surface area contributed by atoms with Crippen LogP contribution in [0.3, 0.4) is 0 Å². The number of allylic oxidation sites excluding steroid dienone is 3. The van der Waals surface area contributed by atoms with Gasteiger partial charge in [-0.2, -0.15) is 0 Å². The molecular weight excluding hydrogens is 268 g/mol. The van der Waals surface area contributed by atoms with Gasteiger partial charge in [-0.3, -0.25) is 0 Å². The van der Waals surface area contributed by atoms with Gasteiger partial charge < -0.3 is 10.6 Å². The Morgan fingerprint density at radius 3 is 2.77 bits per heavy atom. The van der Waals surface area contributed by atoms with Crippen molar-refractivity contribution in [2.24, 2.45) is 5.92 Å². The SMILES string of the molecule is C=C/C=C(\C=C/C)[C@@H]1NCCCC1C(=C)Nc1ccccc1. The molecule has 22 heavy (non-hydrogen) atoms. The average Bonchev–Trinajstić information content (AvgIpc) is 2.55. The van der Waals surface area contributed by atoms with Gasteiger partial charge >= 0.3 is 0 Å². The van der Waals surface area contributed by atoms with Crippen molar-refractivity contribution in [1.29, 1.82) is 0 Å². The van der Waals surface area contributed by atoms with E-state index < -0.39 is 0 Å². The first-order chi connectivity index (χ1) is 10.8. The molecule has 1 saturated heterocycles. The average molecular weight is 294 g/mol. The van der Waals surface area contributed by atoms with Crippen molar-refractivity contribution in [3.05, 3.63) is 79.1 Å². The van der Waals surface area contributed by atoms with Crippen LogP contribution in [0.2, 0.25) is 0 Å². The molecule has 0 saturated carbocycles. The van der Waals surface area contributed by atoms with Crippen LogP contribution < -0.4 is 10.6 Å². The van der Waals surface area contributed by atoms with E-state index in [2.05, 4.69) is 54.2 Å². The maximum absolute atomic E-state index is 4.30. The third-order valence-corrected chi connectivity index (χ3v) is 4.01. The van der Waals surface area contributed by atoms with E-state index in [0.29, 0.717) is 5.92 Å². The van der Waals surface area contributed by atoms with E-state index in [1.165, 1.54) is 12.0 Å². The van der Waals surface area contributed by atoms with Gasteiger partial charge in [0.05, 0.1) is 0 Å².